The second-order valence-electron chi connectivity index (χ2n) is 4.62. The maximum absolute atomic E-state index is 12.5. The van der Waals surface area contributed by atoms with E-state index < -0.39 is 11.7 Å². The fourth-order valence-electron chi connectivity index (χ4n) is 1.69. The van der Waals surface area contributed by atoms with Crippen LogP contribution in [-0.2, 0) is 17.6 Å². The van der Waals surface area contributed by atoms with E-state index in [0.717, 1.165) is 23.3 Å². The van der Waals surface area contributed by atoms with Crippen LogP contribution in [-0.4, -0.2) is 6.21 Å². The molecule has 0 spiro atoms. The molecule has 110 valence electrons. The van der Waals surface area contributed by atoms with Crippen molar-refractivity contribution in [2.24, 2.45) is 5.16 Å². The quantitative estimate of drug-likeness (QED) is 0.598. The van der Waals surface area contributed by atoms with Crippen LogP contribution < -0.4 is 0 Å². The molecule has 5 heteroatoms. The van der Waals surface area contributed by atoms with E-state index in [0.29, 0.717) is 5.56 Å². The van der Waals surface area contributed by atoms with Crippen LogP contribution >= 0.6 is 0 Å². The minimum atomic E-state index is -4.35. The average molecular weight is 293 g/mol. The maximum atomic E-state index is 12.5. The first kappa shape index (κ1) is 15.1. The Hall–Kier alpha value is -2.30. The Labute approximate surface area is 120 Å². The van der Waals surface area contributed by atoms with Crippen LogP contribution in [0.25, 0.3) is 0 Å². The lowest BCUT2D eigenvalue weighted by atomic mass is 10.1. The molecule has 0 saturated carbocycles. The van der Waals surface area contributed by atoms with Gasteiger partial charge in [-0.2, -0.15) is 13.2 Å². The fourth-order valence-corrected chi connectivity index (χ4v) is 1.69. The Morgan fingerprint density at radius 1 is 1.10 bits per heavy atom. The van der Waals surface area contributed by atoms with Crippen LogP contribution in [0.4, 0.5) is 13.2 Å². The van der Waals surface area contributed by atoms with Crippen molar-refractivity contribution < 1.29 is 18.0 Å². The van der Waals surface area contributed by atoms with E-state index in [1.807, 2.05) is 31.2 Å². The average Bonchev–Trinajstić information content (AvgIpc) is 2.45. The third kappa shape index (κ3) is 4.63. The standard InChI is InChI=1S/C16H14F3NO/c1-12-5-7-13(8-6-12)11-21-20-10-14-3-2-4-15(9-14)16(17,18)19/h2-10H,11H2,1H3. The first-order chi connectivity index (χ1) is 9.95. The summed E-state index contributed by atoms with van der Waals surface area (Å²) in [5, 5.41) is 3.69. The summed E-state index contributed by atoms with van der Waals surface area (Å²) in [6.07, 6.45) is -3.09. The van der Waals surface area contributed by atoms with Gasteiger partial charge in [0.2, 0.25) is 0 Å². The van der Waals surface area contributed by atoms with Crippen LogP contribution in [0.5, 0.6) is 0 Å². The van der Waals surface area contributed by atoms with Crippen molar-refractivity contribution >= 4 is 6.21 Å². The van der Waals surface area contributed by atoms with Gasteiger partial charge in [-0.05, 0) is 30.2 Å². The van der Waals surface area contributed by atoms with Gasteiger partial charge in [0.05, 0.1) is 11.8 Å². The molecule has 0 amide bonds. The zero-order valence-electron chi connectivity index (χ0n) is 11.4. The van der Waals surface area contributed by atoms with Crippen LogP contribution in [0.15, 0.2) is 53.7 Å². The normalized spacial score (nSPS) is 11.8. The van der Waals surface area contributed by atoms with Crippen molar-refractivity contribution in [1.29, 1.82) is 0 Å². The molecule has 0 unspecified atom stereocenters. The van der Waals surface area contributed by atoms with Crippen LogP contribution in [0, 0.1) is 6.92 Å². The number of rotatable bonds is 4. The van der Waals surface area contributed by atoms with E-state index in [9.17, 15) is 13.2 Å². The SMILES string of the molecule is Cc1ccc(CON=Cc2cccc(C(F)(F)F)c2)cc1. The van der Waals surface area contributed by atoms with Gasteiger partial charge in [-0.1, -0.05) is 47.1 Å². The van der Waals surface area contributed by atoms with Gasteiger partial charge < -0.3 is 4.84 Å². The van der Waals surface area contributed by atoms with E-state index in [1.54, 1.807) is 0 Å². The maximum Gasteiger partial charge on any atom is 0.416 e. The topological polar surface area (TPSA) is 21.6 Å². The Balaban J connectivity index is 1.94. The molecular formula is C16H14F3NO. The van der Waals surface area contributed by atoms with Gasteiger partial charge in [-0.3, -0.25) is 0 Å². The number of nitrogens with zero attached hydrogens (tertiary/aromatic N) is 1. The number of halogens is 3. The highest BCUT2D eigenvalue weighted by atomic mass is 19.4. The summed E-state index contributed by atoms with van der Waals surface area (Å²) >= 11 is 0. The predicted octanol–water partition coefficient (Wildman–Crippen LogP) is 4.56. The van der Waals surface area contributed by atoms with Gasteiger partial charge in [0.15, 0.2) is 0 Å². The van der Waals surface area contributed by atoms with E-state index in [2.05, 4.69) is 5.16 Å². The summed E-state index contributed by atoms with van der Waals surface area (Å²) in [6.45, 7) is 2.26. The van der Waals surface area contributed by atoms with E-state index >= 15 is 0 Å². The van der Waals surface area contributed by atoms with Gasteiger partial charge in [0.1, 0.15) is 6.61 Å². The first-order valence-corrected chi connectivity index (χ1v) is 6.33. The Morgan fingerprint density at radius 2 is 1.81 bits per heavy atom. The highest BCUT2D eigenvalue weighted by molar-refractivity contribution is 5.79. The van der Waals surface area contributed by atoms with Crippen molar-refractivity contribution in [3.63, 3.8) is 0 Å². The predicted molar refractivity (Wildman–Crippen MR) is 75.0 cm³/mol. The summed E-state index contributed by atoms with van der Waals surface area (Å²) in [5.41, 5.74) is 1.73. The third-order valence-electron chi connectivity index (χ3n) is 2.84. The number of aryl methyl sites for hydroxylation is 1. The summed E-state index contributed by atoms with van der Waals surface area (Å²) < 4.78 is 37.6. The minimum absolute atomic E-state index is 0.274. The largest absolute Gasteiger partial charge is 0.416 e. The van der Waals surface area contributed by atoms with E-state index in [-0.39, 0.29) is 6.61 Å². The van der Waals surface area contributed by atoms with Crippen LogP contribution in [0.3, 0.4) is 0 Å². The zero-order valence-corrected chi connectivity index (χ0v) is 11.4. The Morgan fingerprint density at radius 3 is 2.48 bits per heavy atom. The molecule has 2 aromatic carbocycles. The molecule has 0 radical (unpaired) electrons. The van der Waals surface area contributed by atoms with Gasteiger partial charge in [0, 0.05) is 0 Å². The first-order valence-electron chi connectivity index (χ1n) is 6.33. The molecule has 0 heterocycles. The molecule has 0 N–H and O–H groups in total. The van der Waals surface area contributed by atoms with Gasteiger partial charge in [0.25, 0.3) is 0 Å². The molecule has 0 bridgehead atoms. The lowest BCUT2D eigenvalue weighted by molar-refractivity contribution is -0.137. The van der Waals surface area contributed by atoms with Gasteiger partial charge in [-0.25, -0.2) is 0 Å². The molecule has 0 aliphatic rings. The number of benzene rings is 2. The van der Waals surface area contributed by atoms with Crippen molar-refractivity contribution in [3.05, 3.63) is 70.8 Å². The minimum Gasteiger partial charge on any atom is -0.391 e. The molecule has 0 aliphatic heterocycles. The Bertz CT molecular complexity index is 618. The highest BCUT2D eigenvalue weighted by Gasteiger charge is 2.30. The number of alkyl halides is 3. The Kier molecular flexibility index (Phi) is 4.62. The van der Waals surface area contributed by atoms with Crippen LogP contribution in [0.2, 0.25) is 0 Å². The fraction of sp³-hybridized carbons (Fsp3) is 0.188. The second kappa shape index (κ2) is 6.43. The summed E-state index contributed by atoms with van der Waals surface area (Å²) in [4.78, 5) is 5.08. The molecule has 2 rings (SSSR count). The lowest BCUT2D eigenvalue weighted by Gasteiger charge is -2.06. The monoisotopic (exact) mass is 293 g/mol. The molecule has 0 fully saturated rings. The zero-order chi connectivity index (χ0) is 15.3. The molecule has 0 aromatic heterocycles. The van der Waals surface area contributed by atoms with E-state index in [4.69, 9.17) is 4.84 Å². The van der Waals surface area contributed by atoms with Crippen molar-refractivity contribution in [2.75, 3.05) is 0 Å². The molecule has 21 heavy (non-hydrogen) atoms. The number of hydrogen-bond acceptors (Lipinski definition) is 2. The molecular weight excluding hydrogens is 279 g/mol. The van der Waals surface area contributed by atoms with E-state index in [1.165, 1.54) is 18.3 Å². The van der Waals surface area contributed by atoms with Gasteiger partial charge >= 0.3 is 6.18 Å². The van der Waals surface area contributed by atoms with Crippen molar-refractivity contribution in [3.8, 4) is 0 Å². The smallest absolute Gasteiger partial charge is 0.391 e. The summed E-state index contributed by atoms with van der Waals surface area (Å²) in [5.74, 6) is 0. The molecule has 0 saturated heterocycles. The molecule has 2 nitrogen and oxygen atoms in total. The summed E-state index contributed by atoms with van der Waals surface area (Å²) in [7, 11) is 0. The van der Waals surface area contributed by atoms with Crippen LogP contribution in [0.1, 0.15) is 22.3 Å². The second-order valence-corrected chi connectivity index (χ2v) is 4.62. The highest BCUT2D eigenvalue weighted by Crippen LogP contribution is 2.29. The third-order valence-corrected chi connectivity index (χ3v) is 2.84. The number of oxime groups is 1. The van der Waals surface area contributed by atoms with Crippen molar-refractivity contribution in [2.45, 2.75) is 19.7 Å². The summed E-state index contributed by atoms with van der Waals surface area (Å²) in [6, 6.07) is 12.6. The molecule has 0 atom stereocenters. The molecule has 2 aromatic rings. The van der Waals surface area contributed by atoms with Crippen molar-refractivity contribution in [1.82, 2.24) is 0 Å². The van der Waals surface area contributed by atoms with Gasteiger partial charge in [-0.15, -0.1) is 0 Å². The lowest BCUT2D eigenvalue weighted by Crippen LogP contribution is -2.05. The molecule has 0 aliphatic carbocycles. The number of hydrogen-bond donors (Lipinski definition) is 0.